The zero-order chi connectivity index (χ0) is 15.2. The molecule has 2 rings (SSSR count). The van der Waals surface area contributed by atoms with Crippen molar-refractivity contribution < 1.29 is 9.53 Å². The largest absolute Gasteiger partial charge is 0.484 e. The topological polar surface area (TPSA) is 38.3 Å². The highest BCUT2D eigenvalue weighted by molar-refractivity contribution is 6.30. The Morgan fingerprint density at radius 3 is 2.52 bits per heavy atom. The van der Waals surface area contributed by atoms with Crippen LogP contribution in [-0.2, 0) is 11.3 Å². The van der Waals surface area contributed by atoms with E-state index >= 15 is 0 Å². The van der Waals surface area contributed by atoms with Crippen LogP contribution in [0.15, 0.2) is 42.5 Å². The minimum atomic E-state index is -0.158. The van der Waals surface area contributed by atoms with Crippen molar-refractivity contribution in [2.24, 2.45) is 0 Å². The van der Waals surface area contributed by atoms with Crippen LogP contribution in [0.5, 0.6) is 5.75 Å². The third kappa shape index (κ3) is 5.12. The molecule has 2 aromatic rings. The summed E-state index contributed by atoms with van der Waals surface area (Å²) in [6, 6.07) is 13.3. The first-order valence-corrected chi connectivity index (χ1v) is 7.13. The molecule has 0 saturated carbocycles. The van der Waals surface area contributed by atoms with Gasteiger partial charge in [-0.2, -0.15) is 0 Å². The minimum Gasteiger partial charge on any atom is -0.484 e. The number of benzene rings is 2. The standard InChI is InChI=1S/C17H18ClNO2/c1-12-6-13(2)8-16(7-12)21-11-17(20)19-10-14-4-3-5-15(18)9-14/h3-9H,10-11H2,1-2H3,(H,19,20). The first-order valence-electron chi connectivity index (χ1n) is 6.75. The third-order valence-electron chi connectivity index (χ3n) is 2.94. The third-order valence-corrected chi connectivity index (χ3v) is 3.18. The number of hydrogen-bond donors (Lipinski definition) is 1. The van der Waals surface area contributed by atoms with Crippen molar-refractivity contribution in [3.63, 3.8) is 0 Å². The van der Waals surface area contributed by atoms with Crippen molar-refractivity contribution >= 4 is 17.5 Å². The lowest BCUT2D eigenvalue weighted by atomic mass is 10.1. The molecule has 0 atom stereocenters. The van der Waals surface area contributed by atoms with E-state index in [2.05, 4.69) is 11.4 Å². The Morgan fingerprint density at radius 1 is 1.14 bits per heavy atom. The summed E-state index contributed by atoms with van der Waals surface area (Å²) in [6.07, 6.45) is 0. The lowest BCUT2D eigenvalue weighted by Crippen LogP contribution is -2.28. The van der Waals surface area contributed by atoms with E-state index in [4.69, 9.17) is 16.3 Å². The van der Waals surface area contributed by atoms with Gasteiger partial charge in [-0.3, -0.25) is 4.79 Å². The quantitative estimate of drug-likeness (QED) is 0.915. The Kier molecular flexibility index (Phi) is 5.23. The second kappa shape index (κ2) is 7.14. The normalized spacial score (nSPS) is 10.2. The van der Waals surface area contributed by atoms with E-state index in [1.807, 2.05) is 44.2 Å². The summed E-state index contributed by atoms with van der Waals surface area (Å²) in [7, 11) is 0. The Labute approximate surface area is 129 Å². The monoisotopic (exact) mass is 303 g/mol. The van der Waals surface area contributed by atoms with Gasteiger partial charge in [0.15, 0.2) is 6.61 Å². The highest BCUT2D eigenvalue weighted by Crippen LogP contribution is 2.16. The molecule has 4 heteroatoms. The molecule has 3 nitrogen and oxygen atoms in total. The summed E-state index contributed by atoms with van der Waals surface area (Å²) in [5, 5.41) is 3.46. The Balaban J connectivity index is 1.82. The molecule has 21 heavy (non-hydrogen) atoms. The van der Waals surface area contributed by atoms with Crippen molar-refractivity contribution in [1.29, 1.82) is 0 Å². The smallest absolute Gasteiger partial charge is 0.258 e. The maximum absolute atomic E-state index is 11.8. The predicted molar refractivity (Wildman–Crippen MR) is 84.7 cm³/mol. The molecule has 0 heterocycles. The van der Waals surface area contributed by atoms with Gasteiger partial charge in [0.2, 0.25) is 0 Å². The number of carbonyl (C=O) groups is 1. The van der Waals surface area contributed by atoms with Crippen LogP contribution in [0.2, 0.25) is 5.02 Å². The summed E-state index contributed by atoms with van der Waals surface area (Å²) < 4.78 is 5.50. The highest BCUT2D eigenvalue weighted by Gasteiger charge is 2.04. The van der Waals surface area contributed by atoms with Gasteiger partial charge in [-0.1, -0.05) is 29.8 Å². The fourth-order valence-electron chi connectivity index (χ4n) is 2.06. The van der Waals surface area contributed by atoms with Crippen molar-refractivity contribution in [2.75, 3.05) is 6.61 Å². The molecule has 0 aliphatic heterocycles. The molecule has 0 fully saturated rings. The predicted octanol–water partition coefficient (Wildman–Crippen LogP) is 3.65. The van der Waals surface area contributed by atoms with Crippen LogP contribution >= 0.6 is 11.6 Å². The molecular formula is C17H18ClNO2. The second-order valence-corrected chi connectivity index (χ2v) is 5.46. The fraction of sp³-hybridized carbons (Fsp3) is 0.235. The van der Waals surface area contributed by atoms with Gasteiger partial charge in [-0.25, -0.2) is 0 Å². The molecule has 0 unspecified atom stereocenters. The molecule has 0 aliphatic carbocycles. The molecule has 0 aromatic heterocycles. The van der Waals surface area contributed by atoms with Crippen molar-refractivity contribution in [3.8, 4) is 5.75 Å². The van der Waals surface area contributed by atoms with Crippen molar-refractivity contribution in [3.05, 3.63) is 64.2 Å². The van der Waals surface area contributed by atoms with E-state index in [-0.39, 0.29) is 12.5 Å². The van der Waals surface area contributed by atoms with Crippen LogP contribution in [0.25, 0.3) is 0 Å². The lowest BCUT2D eigenvalue weighted by Gasteiger charge is -2.09. The van der Waals surface area contributed by atoms with Crippen molar-refractivity contribution in [2.45, 2.75) is 20.4 Å². The Hall–Kier alpha value is -2.00. The Bertz CT molecular complexity index is 620. The molecule has 0 bridgehead atoms. The lowest BCUT2D eigenvalue weighted by molar-refractivity contribution is -0.123. The number of aryl methyl sites for hydroxylation is 2. The molecular weight excluding hydrogens is 286 g/mol. The van der Waals surface area contributed by atoms with Crippen molar-refractivity contribution in [1.82, 2.24) is 5.32 Å². The number of ether oxygens (including phenoxy) is 1. The van der Waals surface area contributed by atoms with E-state index in [9.17, 15) is 4.79 Å². The average molecular weight is 304 g/mol. The average Bonchev–Trinajstić information content (AvgIpc) is 2.42. The minimum absolute atomic E-state index is 0.00343. The van der Waals surface area contributed by atoms with E-state index in [0.717, 1.165) is 16.7 Å². The highest BCUT2D eigenvalue weighted by atomic mass is 35.5. The van der Waals surface area contributed by atoms with Gasteiger partial charge in [-0.15, -0.1) is 0 Å². The van der Waals surface area contributed by atoms with E-state index in [0.29, 0.717) is 17.3 Å². The number of hydrogen-bond acceptors (Lipinski definition) is 2. The summed E-state index contributed by atoms with van der Waals surface area (Å²) in [4.78, 5) is 11.8. The van der Waals surface area contributed by atoms with E-state index < -0.39 is 0 Å². The molecule has 2 aromatic carbocycles. The van der Waals surface area contributed by atoms with Crippen LogP contribution in [0.4, 0.5) is 0 Å². The zero-order valence-corrected chi connectivity index (χ0v) is 12.9. The van der Waals surface area contributed by atoms with Gasteiger partial charge in [0, 0.05) is 11.6 Å². The number of rotatable bonds is 5. The molecule has 1 amide bonds. The molecule has 0 aliphatic rings. The summed E-state index contributed by atoms with van der Waals surface area (Å²) in [5.41, 5.74) is 3.19. The van der Waals surface area contributed by atoms with Crippen LogP contribution in [-0.4, -0.2) is 12.5 Å². The zero-order valence-electron chi connectivity index (χ0n) is 12.2. The van der Waals surface area contributed by atoms with Crippen LogP contribution in [0.1, 0.15) is 16.7 Å². The number of amides is 1. The van der Waals surface area contributed by atoms with E-state index in [1.54, 1.807) is 6.07 Å². The van der Waals surface area contributed by atoms with Crippen LogP contribution in [0, 0.1) is 13.8 Å². The number of carbonyl (C=O) groups excluding carboxylic acids is 1. The fourth-order valence-corrected chi connectivity index (χ4v) is 2.28. The summed E-state index contributed by atoms with van der Waals surface area (Å²) in [5.74, 6) is 0.555. The number of halogens is 1. The SMILES string of the molecule is Cc1cc(C)cc(OCC(=O)NCc2cccc(Cl)c2)c1. The molecule has 1 N–H and O–H groups in total. The van der Waals surface area contributed by atoms with Gasteiger partial charge in [-0.05, 0) is 54.8 Å². The molecule has 0 saturated heterocycles. The van der Waals surface area contributed by atoms with Gasteiger partial charge < -0.3 is 10.1 Å². The van der Waals surface area contributed by atoms with Gasteiger partial charge in [0.05, 0.1) is 0 Å². The maximum atomic E-state index is 11.8. The van der Waals surface area contributed by atoms with Crippen LogP contribution in [0.3, 0.4) is 0 Å². The summed E-state index contributed by atoms with van der Waals surface area (Å²) in [6.45, 7) is 4.44. The van der Waals surface area contributed by atoms with E-state index in [1.165, 1.54) is 0 Å². The maximum Gasteiger partial charge on any atom is 0.258 e. The van der Waals surface area contributed by atoms with Gasteiger partial charge in [0.1, 0.15) is 5.75 Å². The Morgan fingerprint density at radius 2 is 1.86 bits per heavy atom. The van der Waals surface area contributed by atoms with Gasteiger partial charge >= 0.3 is 0 Å². The molecule has 0 spiro atoms. The first-order chi connectivity index (χ1) is 10.0. The summed E-state index contributed by atoms with van der Waals surface area (Å²) >= 11 is 5.89. The van der Waals surface area contributed by atoms with Crippen LogP contribution < -0.4 is 10.1 Å². The molecule has 110 valence electrons. The molecule has 0 radical (unpaired) electrons. The first kappa shape index (κ1) is 15.4. The second-order valence-electron chi connectivity index (χ2n) is 5.02. The number of nitrogens with one attached hydrogen (secondary N) is 1. The van der Waals surface area contributed by atoms with Gasteiger partial charge in [0.25, 0.3) is 5.91 Å².